The Morgan fingerprint density at radius 3 is 2.55 bits per heavy atom. The number of aliphatic hydroxyl groups is 1. The van der Waals surface area contributed by atoms with Crippen LogP contribution in [0.2, 0.25) is 0 Å². The van der Waals surface area contributed by atoms with Gasteiger partial charge in [-0.3, -0.25) is 10.1 Å². The van der Waals surface area contributed by atoms with E-state index in [2.05, 4.69) is 0 Å². The molecule has 10 heteroatoms. The molecule has 0 bridgehead atoms. The van der Waals surface area contributed by atoms with E-state index < -0.39 is 53.9 Å². The van der Waals surface area contributed by atoms with Crippen LogP contribution in [0.25, 0.3) is 0 Å². The minimum atomic E-state index is -4.99. The fraction of sp³-hybridized carbons (Fsp3) is 0.500. The normalized spacial score (nSPS) is 21.2. The van der Waals surface area contributed by atoms with Crippen LogP contribution in [0.3, 0.4) is 0 Å². The van der Waals surface area contributed by atoms with Gasteiger partial charge in [0.1, 0.15) is 5.56 Å². The zero-order chi connectivity index (χ0) is 16.7. The van der Waals surface area contributed by atoms with Gasteiger partial charge in [-0.2, -0.15) is 13.2 Å². The molecule has 1 fully saturated rings. The average molecular weight is 326 g/mol. The van der Waals surface area contributed by atoms with Crippen LogP contribution in [0, 0.1) is 10.1 Å². The summed E-state index contributed by atoms with van der Waals surface area (Å²) < 4.78 is 65.4. The third-order valence-corrected chi connectivity index (χ3v) is 3.40. The van der Waals surface area contributed by atoms with E-state index in [-0.39, 0.29) is 5.69 Å². The summed E-state index contributed by atoms with van der Waals surface area (Å²) in [5.74, 6) is -3.15. The van der Waals surface area contributed by atoms with Crippen LogP contribution >= 0.6 is 0 Å². The summed E-state index contributed by atoms with van der Waals surface area (Å²) in [5, 5.41) is 19.8. The minimum absolute atomic E-state index is 0.242. The summed E-state index contributed by atoms with van der Waals surface area (Å²) in [6.07, 6.45) is -5.68. The zero-order valence-electron chi connectivity index (χ0n) is 11.0. The van der Waals surface area contributed by atoms with Crippen molar-refractivity contribution in [1.82, 2.24) is 0 Å². The van der Waals surface area contributed by atoms with Crippen molar-refractivity contribution < 1.29 is 32.0 Å². The highest BCUT2D eigenvalue weighted by Crippen LogP contribution is 2.41. The molecule has 1 aromatic carbocycles. The highest BCUT2D eigenvalue weighted by molar-refractivity contribution is 5.58. The fourth-order valence-electron chi connectivity index (χ4n) is 2.45. The molecule has 2 rings (SSSR count). The molecule has 1 aliphatic heterocycles. The summed E-state index contributed by atoms with van der Waals surface area (Å²) in [5.41, 5.74) is -2.90. The Bertz CT molecular complexity index is 591. The number of aliphatic hydroxyl groups excluding tert-OH is 1. The Balaban J connectivity index is 2.47. The lowest BCUT2D eigenvalue weighted by Crippen LogP contribution is -2.33. The SMILES string of the molecule is O=[N+]([O-])c1ccc(N2CC(F)(F)CC2CO)cc1C(F)(F)F. The molecule has 122 valence electrons. The van der Waals surface area contributed by atoms with Gasteiger partial charge in [0.15, 0.2) is 0 Å². The lowest BCUT2D eigenvalue weighted by Gasteiger charge is -2.25. The van der Waals surface area contributed by atoms with Crippen LogP contribution in [0.1, 0.15) is 12.0 Å². The van der Waals surface area contributed by atoms with Crippen LogP contribution in [0.4, 0.5) is 33.3 Å². The molecule has 1 aromatic rings. The van der Waals surface area contributed by atoms with Crippen LogP contribution in [0.5, 0.6) is 0 Å². The van der Waals surface area contributed by atoms with Gasteiger partial charge in [0.25, 0.3) is 11.6 Å². The molecule has 0 aromatic heterocycles. The van der Waals surface area contributed by atoms with Crippen molar-refractivity contribution in [2.45, 2.75) is 24.6 Å². The zero-order valence-corrected chi connectivity index (χ0v) is 11.0. The van der Waals surface area contributed by atoms with E-state index in [0.29, 0.717) is 12.1 Å². The Morgan fingerprint density at radius 1 is 1.41 bits per heavy atom. The third-order valence-electron chi connectivity index (χ3n) is 3.40. The van der Waals surface area contributed by atoms with E-state index in [4.69, 9.17) is 5.11 Å². The van der Waals surface area contributed by atoms with Crippen LogP contribution in [-0.4, -0.2) is 35.1 Å². The smallest absolute Gasteiger partial charge is 0.394 e. The fourth-order valence-corrected chi connectivity index (χ4v) is 2.45. The molecule has 1 unspecified atom stereocenters. The molecular weight excluding hydrogens is 315 g/mol. The lowest BCUT2D eigenvalue weighted by atomic mass is 10.1. The van der Waals surface area contributed by atoms with E-state index in [9.17, 15) is 32.1 Å². The monoisotopic (exact) mass is 326 g/mol. The first kappa shape index (κ1) is 16.4. The number of nitrogens with zero attached hydrogens (tertiary/aromatic N) is 2. The number of benzene rings is 1. The number of hydrogen-bond donors (Lipinski definition) is 1. The topological polar surface area (TPSA) is 66.6 Å². The molecule has 0 spiro atoms. The van der Waals surface area contributed by atoms with Gasteiger partial charge < -0.3 is 10.0 Å². The van der Waals surface area contributed by atoms with Gasteiger partial charge in [-0.25, -0.2) is 8.78 Å². The van der Waals surface area contributed by atoms with Crippen LogP contribution < -0.4 is 4.90 Å². The van der Waals surface area contributed by atoms with Gasteiger partial charge >= 0.3 is 6.18 Å². The maximum absolute atomic E-state index is 13.4. The summed E-state index contributed by atoms with van der Waals surface area (Å²) in [6, 6.07) is 1.01. The number of nitro groups is 1. The van der Waals surface area contributed by atoms with Crippen molar-refractivity contribution in [2.24, 2.45) is 0 Å². The molecule has 1 atom stereocenters. The number of rotatable bonds is 3. The predicted octanol–water partition coefficient (Wildman–Crippen LogP) is 2.82. The van der Waals surface area contributed by atoms with Crippen molar-refractivity contribution >= 4 is 11.4 Å². The Hall–Kier alpha value is -1.97. The molecule has 0 saturated carbocycles. The van der Waals surface area contributed by atoms with Gasteiger partial charge in [-0.1, -0.05) is 0 Å². The number of nitro benzene ring substituents is 1. The van der Waals surface area contributed by atoms with Crippen molar-refractivity contribution in [3.05, 3.63) is 33.9 Å². The van der Waals surface area contributed by atoms with E-state index in [1.807, 2.05) is 0 Å². The highest BCUT2D eigenvalue weighted by Gasteiger charge is 2.46. The predicted molar refractivity (Wildman–Crippen MR) is 65.9 cm³/mol. The number of alkyl halides is 5. The molecule has 1 N–H and O–H groups in total. The van der Waals surface area contributed by atoms with Crippen molar-refractivity contribution in [3.63, 3.8) is 0 Å². The molecule has 5 nitrogen and oxygen atoms in total. The third kappa shape index (κ3) is 3.11. The Morgan fingerprint density at radius 2 is 2.05 bits per heavy atom. The second-order valence-corrected chi connectivity index (χ2v) is 4.98. The number of anilines is 1. The first-order valence-electron chi connectivity index (χ1n) is 6.16. The molecule has 1 saturated heterocycles. The first-order chi connectivity index (χ1) is 10.0. The minimum Gasteiger partial charge on any atom is -0.394 e. The van der Waals surface area contributed by atoms with Crippen molar-refractivity contribution in [1.29, 1.82) is 0 Å². The second-order valence-electron chi connectivity index (χ2n) is 4.98. The number of halogens is 5. The average Bonchev–Trinajstić information content (AvgIpc) is 2.72. The van der Waals surface area contributed by atoms with E-state index >= 15 is 0 Å². The van der Waals surface area contributed by atoms with E-state index in [1.165, 1.54) is 0 Å². The van der Waals surface area contributed by atoms with Crippen molar-refractivity contribution in [3.8, 4) is 0 Å². The molecular formula is C12H11F5N2O3. The van der Waals surface area contributed by atoms with Gasteiger partial charge in [-0.15, -0.1) is 0 Å². The van der Waals surface area contributed by atoms with E-state index in [0.717, 1.165) is 11.0 Å². The molecule has 1 aliphatic rings. The largest absolute Gasteiger partial charge is 0.423 e. The highest BCUT2D eigenvalue weighted by atomic mass is 19.4. The Kier molecular flexibility index (Phi) is 3.98. The van der Waals surface area contributed by atoms with Gasteiger partial charge in [0.2, 0.25) is 0 Å². The van der Waals surface area contributed by atoms with Gasteiger partial charge in [0, 0.05) is 18.2 Å². The molecule has 0 aliphatic carbocycles. The standard InChI is InChI=1S/C12H11F5N2O3/c13-11(14)4-8(5-20)18(6-11)7-1-2-10(19(21)22)9(3-7)12(15,16)17/h1-3,8,20H,4-6H2. The van der Waals surface area contributed by atoms with Crippen LogP contribution in [0.15, 0.2) is 18.2 Å². The molecule has 1 heterocycles. The molecule has 0 radical (unpaired) electrons. The number of hydrogen-bond acceptors (Lipinski definition) is 4. The quantitative estimate of drug-likeness (QED) is 0.527. The van der Waals surface area contributed by atoms with Crippen LogP contribution in [-0.2, 0) is 6.18 Å². The van der Waals surface area contributed by atoms with Crippen molar-refractivity contribution in [2.75, 3.05) is 18.1 Å². The summed E-state index contributed by atoms with van der Waals surface area (Å²) in [6.45, 7) is -1.51. The first-order valence-corrected chi connectivity index (χ1v) is 6.16. The summed E-state index contributed by atoms with van der Waals surface area (Å²) in [7, 11) is 0. The van der Waals surface area contributed by atoms with Gasteiger partial charge in [-0.05, 0) is 12.1 Å². The maximum atomic E-state index is 13.4. The van der Waals surface area contributed by atoms with E-state index in [1.54, 1.807) is 0 Å². The molecule has 22 heavy (non-hydrogen) atoms. The lowest BCUT2D eigenvalue weighted by molar-refractivity contribution is -0.388. The molecule has 0 amide bonds. The Labute approximate surface area is 121 Å². The van der Waals surface area contributed by atoms with Gasteiger partial charge in [0.05, 0.1) is 24.1 Å². The summed E-state index contributed by atoms with van der Waals surface area (Å²) in [4.78, 5) is 10.4. The second kappa shape index (κ2) is 5.34. The summed E-state index contributed by atoms with van der Waals surface area (Å²) >= 11 is 0. The maximum Gasteiger partial charge on any atom is 0.423 e.